The summed E-state index contributed by atoms with van der Waals surface area (Å²) in [5.74, 6) is 0.176. The van der Waals surface area contributed by atoms with Gasteiger partial charge in [-0.05, 0) is 20.3 Å². The van der Waals surface area contributed by atoms with Gasteiger partial charge in [0.15, 0.2) is 5.78 Å². The van der Waals surface area contributed by atoms with Crippen LogP contribution in [0, 0.1) is 11.3 Å². The number of ether oxygens (including phenoxy) is 1. The molecule has 1 aliphatic rings. The predicted molar refractivity (Wildman–Crippen MR) is 67.9 cm³/mol. The van der Waals surface area contributed by atoms with Crippen LogP contribution in [0.1, 0.15) is 40.5 Å². The highest BCUT2D eigenvalue weighted by Crippen LogP contribution is 2.37. The van der Waals surface area contributed by atoms with Crippen molar-refractivity contribution in [3.8, 4) is 0 Å². The van der Waals surface area contributed by atoms with Crippen LogP contribution in [0.2, 0.25) is 0 Å². The normalized spacial score (nSPS) is 27.2. The zero-order chi connectivity index (χ0) is 13.9. The molecule has 0 radical (unpaired) electrons. The van der Waals surface area contributed by atoms with Crippen LogP contribution in [0.5, 0.6) is 0 Å². The van der Waals surface area contributed by atoms with Gasteiger partial charge in [0, 0.05) is 19.1 Å². The fourth-order valence-electron chi connectivity index (χ4n) is 2.00. The van der Waals surface area contributed by atoms with E-state index in [1.165, 1.54) is 6.08 Å². The number of carbonyl (C=O) groups is 2. The maximum absolute atomic E-state index is 12.1. The monoisotopic (exact) mass is 254 g/mol. The molecular weight excluding hydrogens is 232 g/mol. The first-order chi connectivity index (χ1) is 8.36. The number of rotatable bonds is 5. The van der Waals surface area contributed by atoms with Crippen LogP contribution in [0.25, 0.3) is 0 Å². The van der Waals surface area contributed by atoms with Gasteiger partial charge in [-0.2, -0.15) is 0 Å². The smallest absolute Gasteiger partial charge is 0.165 e. The Bertz CT molecular complexity index is 372. The Labute approximate surface area is 108 Å². The van der Waals surface area contributed by atoms with Crippen molar-refractivity contribution in [2.24, 2.45) is 11.3 Å². The summed E-state index contributed by atoms with van der Waals surface area (Å²) < 4.78 is 5.73. The fraction of sp³-hybridized carbons (Fsp3) is 0.714. The lowest BCUT2D eigenvalue weighted by Crippen LogP contribution is -2.38. The molecule has 3 unspecified atom stereocenters. The van der Waals surface area contributed by atoms with E-state index < -0.39 is 5.41 Å². The number of hydrogen-bond acceptors (Lipinski definition) is 4. The van der Waals surface area contributed by atoms with Gasteiger partial charge in [-0.15, -0.1) is 0 Å². The van der Waals surface area contributed by atoms with E-state index in [1.807, 2.05) is 20.8 Å². The molecule has 0 fully saturated rings. The second-order valence-corrected chi connectivity index (χ2v) is 5.11. The minimum Gasteiger partial charge on any atom is -0.493 e. The van der Waals surface area contributed by atoms with Crippen LogP contribution in [-0.2, 0) is 14.3 Å². The number of allylic oxidation sites excluding steroid dienone is 2. The van der Waals surface area contributed by atoms with E-state index in [0.717, 1.165) is 0 Å². The van der Waals surface area contributed by atoms with Gasteiger partial charge in [-0.3, -0.25) is 9.59 Å². The van der Waals surface area contributed by atoms with Crippen molar-refractivity contribution in [3.63, 3.8) is 0 Å². The molecule has 0 aromatic rings. The van der Waals surface area contributed by atoms with Gasteiger partial charge in [0.2, 0.25) is 0 Å². The maximum Gasteiger partial charge on any atom is 0.165 e. The lowest BCUT2D eigenvalue weighted by molar-refractivity contribution is -0.132. The maximum atomic E-state index is 12.1. The van der Waals surface area contributed by atoms with Crippen LogP contribution in [0.4, 0.5) is 0 Å². The molecule has 0 saturated heterocycles. The highest BCUT2D eigenvalue weighted by Gasteiger charge is 2.40. The average molecular weight is 254 g/mol. The molecule has 18 heavy (non-hydrogen) atoms. The Kier molecular flexibility index (Phi) is 4.68. The molecule has 4 heteroatoms. The molecule has 0 saturated carbocycles. The number of ketones is 2. The van der Waals surface area contributed by atoms with Crippen molar-refractivity contribution in [2.45, 2.75) is 46.6 Å². The predicted octanol–water partition coefficient (Wildman–Crippen LogP) is 1.86. The van der Waals surface area contributed by atoms with Crippen LogP contribution in [0.15, 0.2) is 11.8 Å². The minimum absolute atomic E-state index is 0.000207. The third kappa shape index (κ3) is 2.64. The first-order valence-electron chi connectivity index (χ1n) is 6.43. The van der Waals surface area contributed by atoms with Gasteiger partial charge in [0.05, 0.1) is 11.3 Å². The van der Waals surface area contributed by atoms with E-state index in [-0.39, 0.29) is 36.6 Å². The molecule has 0 spiro atoms. The summed E-state index contributed by atoms with van der Waals surface area (Å²) in [6.07, 6.45) is 1.86. The topological polar surface area (TPSA) is 63.6 Å². The van der Waals surface area contributed by atoms with E-state index in [2.05, 4.69) is 0 Å². The SMILES string of the molecule is CCC(C)(C(=O)CCO)C1=CC(=O)C(C)C(C)O1. The molecule has 1 N–H and O–H groups in total. The molecule has 3 atom stereocenters. The number of hydrogen-bond donors (Lipinski definition) is 1. The summed E-state index contributed by atoms with van der Waals surface area (Å²) in [6, 6.07) is 0. The van der Waals surface area contributed by atoms with Crippen LogP contribution >= 0.6 is 0 Å². The quantitative estimate of drug-likeness (QED) is 0.813. The molecule has 0 aromatic heterocycles. The zero-order valence-corrected chi connectivity index (χ0v) is 11.5. The van der Waals surface area contributed by atoms with Crippen molar-refractivity contribution in [1.29, 1.82) is 0 Å². The first kappa shape index (κ1) is 14.9. The second-order valence-electron chi connectivity index (χ2n) is 5.11. The molecule has 1 aliphatic heterocycles. The Morgan fingerprint density at radius 1 is 1.50 bits per heavy atom. The summed E-state index contributed by atoms with van der Waals surface area (Å²) in [7, 11) is 0. The number of aliphatic hydroxyl groups excluding tert-OH is 1. The van der Waals surface area contributed by atoms with Crippen molar-refractivity contribution >= 4 is 11.6 Å². The molecular formula is C14H22O4. The van der Waals surface area contributed by atoms with Gasteiger partial charge < -0.3 is 9.84 Å². The van der Waals surface area contributed by atoms with Crippen LogP contribution in [-0.4, -0.2) is 29.4 Å². The number of carbonyl (C=O) groups excluding carboxylic acids is 2. The first-order valence-corrected chi connectivity index (χ1v) is 6.43. The van der Waals surface area contributed by atoms with Crippen LogP contribution in [0.3, 0.4) is 0 Å². The van der Waals surface area contributed by atoms with Crippen molar-refractivity contribution in [1.82, 2.24) is 0 Å². The molecule has 0 bridgehead atoms. The lowest BCUT2D eigenvalue weighted by atomic mass is 9.77. The molecule has 4 nitrogen and oxygen atoms in total. The molecule has 1 heterocycles. The minimum atomic E-state index is -0.813. The van der Waals surface area contributed by atoms with E-state index in [0.29, 0.717) is 12.2 Å². The highest BCUT2D eigenvalue weighted by molar-refractivity contribution is 5.95. The summed E-state index contributed by atoms with van der Waals surface area (Å²) in [4.78, 5) is 23.9. The van der Waals surface area contributed by atoms with Crippen LogP contribution < -0.4 is 0 Å². The van der Waals surface area contributed by atoms with Gasteiger partial charge in [-0.1, -0.05) is 13.8 Å². The summed E-state index contributed by atoms with van der Waals surface area (Å²) >= 11 is 0. The number of aliphatic hydroxyl groups is 1. The highest BCUT2D eigenvalue weighted by atomic mass is 16.5. The third-order valence-electron chi connectivity index (χ3n) is 3.94. The van der Waals surface area contributed by atoms with E-state index >= 15 is 0 Å². The third-order valence-corrected chi connectivity index (χ3v) is 3.94. The molecule has 0 aliphatic carbocycles. The lowest BCUT2D eigenvalue weighted by Gasteiger charge is -2.35. The molecule has 102 valence electrons. The second kappa shape index (κ2) is 5.65. The average Bonchev–Trinajstić information content (AvgIpc) is 2.34. The van der Waals surface area contributed by atoms with Gasteiger partial charge in [0.25, 0.3) is 0 Å². The summed E-state index contributed by atoms with van der Waals surface area (Å²) in [5, 5.41) is 8.89. The standard InChI is InChI=1S/C14H22O4/c1-5-14(4,12(17)6-7-15)13-8-11(16)9(2)10(3)18-13/h8-10,15H,5-7H2,1-4H3. The van der Waals surface area contributed by atoms with Crippen molar-refractivity contribution in [2.75, 3.05) is 6.61 Å². The Morgan fingerprint density at radius 2 is 2.11 bits per heavy atom. The largest absolute Gasteiger partial charge is 0.493 e. The van der Waals surface area contributed by atoms with Gasteiger partial charge in [-0.25, -0.2) is 0 Å². The Morgan fingerprint density at radius 3 is 2.56 bits per heavy atom. The van der Waals surface area contributed by atoms with E-state index in [4.69, 9.17) is 9.84 Å². The zero-order valence-electron chi connectivity index (χ0n) is 11.5. The van der Waals surface area contributed by atoms with Gasteiger partial charge >= 0.3 is 0 Å². The summed E-state index contributed by atoms with van der Waals surface area (Å²) in [6.45, 7) is 7.13. The van der Waals surface area contributed by atoms with Crippen molar-refractivity contribution < 1.29 is 19.4 Å². The van der Waals surface area contributed by atoms with E-state index in [9.17, 15) is 9.59 Å². The molecule has 0 amide bonds. The summed E-state index contributed by atoms with van der Waals surface area (Å²) in [5.41, 5.74) is -0.813. The number of Topliss-reactive ketones (excluding diaryl/α,β-unsaturated/α-hetero) is 1. The van der Waals surface area contributed by atoms with Crippen molar-refractivity contribution in [3.05, 3.63) is 11.8 Å². The Balaban J connectivity index is 3.06. The fourth-order valence-corrected chi connectivity index (χ4v) is 2.00. The molecule has 0 aromatic carbocycles. The van der Waals surface area contributed by atoms with E-state index in [1.54, 1.807) is 6.92 Å². The van der Waals surface area contributed by atoms with Gasteiger partial charge in [0.1, 0.15) is 17.6 Å². The Hall–Kier alpha value is -1.16. The molecule has 1 rings (SSSR count).